The highest BCUT2D eigenvalue weighted by atomic mass is 35.5. The maximum atomic E-state index is 10.6. The van der Waals surface area contributed by atoms with Crippen molar-refractivity contribution in [2.24, 2.45) is 11.8 Å². The van der Waals surface area contributed by atoms with Crippen LogP contribution in [0.3, 0.4) is 0 Å². The second-order valence-corrected chi connectivity index (χ2v) is 3.17. The zero-order chi connectivity index (χ0) is 8.27. The van der Waals surface area contributed by atoms with Crippen molar-refractivity contribution >= 4 is 30.8 Å². The van der Waals surface area contributed by atoms with Gasteiger partial charge in [-0.1, -0.05) is 12.8 Å². The lowest BCUT2D eigenvalue weighted by atomic mass is 9.80. The van der Waals surface area contributed by atoms with Gasteiger partial charge in [-0.25, -0.2) is 0 Å². The summed E-state index contributed by atoms with van der Waals surface area (Å²) in [6.45, 7) is 0.0248. The Bertz CT molecular complexity index is 152. The second-order valence-electron chi connectivity index (χ2n) is 3.17. The van der Waals surface area contributed by atoms with Gasteiger partial charge in [0.15, 0.2) is 0 Å². The van der Waals surface area contributed by atoms with E-state index in [0.29, 0.717) is 0 Å². The first-order valence-electron chi connectivity index (χ1n) is 4.09. The molecule has 1 fully saturated rings. The van der Waals surface area contributed by atoms with Crippen molar-refractivity contribution in [3.05, 3.63) is 0 Å². The molecule has 0 bridgehead atoms. The minimum atomic E-state index is -0.747. The van der Waals surface area contributed by atoms with Crippen molar-refractivity contribution in [3.63, 3.8) is 0 Å². The number of hydrogen-bond donors (Lipinski definition) is 2. The molecule has 0 aromatic carbocycles. The third kappa shape index (κ3) is 4.16. The molecule has 1 saturated carbocycles. The quantitative estimate of drug-likeness (QED) is 0.760. The molecule has 0 radical (unpaired) electrons. The van der Waals surface area contributed by atoms with E-state index in [1.807, 2.05) is 0 Å². The van der Waals surface area contributed by atoms with Crippen molar-refractivity contribution in [2.45, 2.75) is 25.7 Å². The van der Waals surface area contributed by atoms with Crippen molar-refractivity contribution in [3.8, 4) is 0 Å². The van der Waals surface area contributed by atoms with Crippen LogP contribution in [0, 0.1) is 11.8 Å². The number of aliphatic hydroxyl groups excluding tert-OH is 1. The van der Waals surface area contributed by atoms with Crippen molar-refractivity contribution in [1.82, 2.24) is 0 Å². The summed E-state index contributed by atoms with van der Waals surface area (Å²) in [6, 6.07) is 0. The summed E-state index contributed by atoms with van der Waals surface area (Å²) in [5.41, 5.74) is 0. The number of rotatable bonds is 2. The molecule has 0 heterocycles. The van der Waals surface area contributed by atoms with Gasteiger partial charge in [-0.3, -0.25) is 4.79 Å². The van der Waals surface area contributed by atoms with Gasteiger partial charge in [0, 0.05) is 6.61 Å². The number of carboxylic acids is 1. The average Bonchev–Trinajstić information content (AvgIpc) is 2.04. The van der Waals surface area contributed by atoms with Gasteiger partial charge in [0.05, 0.1) is 5.92 Å². The summed E-state index contributed by atoms with van der Waals surface area (Å²) >= 11 is 0. The maximum absolute atomic E-state index is 10.6. The fourth-order valence-corrected chi connectivity index (χ4v) is 1.75. The molecule has 2 unspecified atom stereocenters. The zero-order valence-electron chi connectivity index (χ0n) is 7.31. The number of halogens is 2. The standard InChI is InChI=1S/C8H14O3.2ClH/c9-5-6-3-1-2-4-7(6)8(10)11;;/h6-7,9H,1-5H2,(H,10,11);2*1H. The molecule has 13 heavy (non-hydrogen) atoms. The van der Waals surface area contributed by atoms with E-state index in [1.165, 1.54) is 0 Å². The summed E-state index contributed by atoms with van der Waals surface area (Å²) in [4.78, 5) is 10.6. The Hall–Kier alpha value is 0.01000. The van der Waals surface area contributed by atoms with Crippen LogP contribution in [-0.4, -0.2) is 22.8 Å². The molecule has 80 valence electrons. The van der Waals surface area contributed by atoms with E-state index in [0.717, 1.165) is 25.7 Å². The van der Waals surface area contributed by atoms with Crippen molar-refractivity contribution in [1.29, 1.82) is 0 Å². The van der Waals surface area contributed by atoms with Gasteiger partial charge in [0.2, 0.25) is 0 Å². The number of aliphatic carboxylic acids is 1. The Morgan fingerprint density at radius 2 is 1.77 bits per heavy atom. The van der Waals surface area contributed by atoms with E-state index >= 15 is 0 Å². The fourth-order valence-electron chi connectivity index (χ4n) is 1.75. The van der Waals surface area contributed by atoms with Gasteiger partial charge in [-0.2, -0.15) is 0 Å². The molecular weight excluding hydrogens is 215 g/mol. The molecule has 1 aliphatic carbocycles. The Kier molecular flexibility index (Phi) is 8.83. The molecule has 0 amide bonds. The third-order valence-electron chi connectivity index (χ3n) is 2.46. The van der Waals surface area contributed by atoms with Crippen molar-refractivity contribution in [2.75, 3.05) is 6.61 Å². The summed E-state index contributed by atoms with van der Waals surface area (Å²) in [7, 11) is 0. The van der Waals surface area contributed by atoms with Gasteiger partial charge in [0.25, 0.3) is 0 Å². The van der Waals surface area contributed by atoms with E-state index < -0.39 is 5.97 Å². The second kappa shape index (κ2) is 7.42. The van der Waals surface area contributed by atoms with Gasteiger partial charge >= 0.3 is 5.97 Å². The molecule has 0 spiro atoms. The number of carboxylic acid groups (broad SMARTS) is 1. The minimum absolute atomic E-state index is 0. The van der Waals surface area contributed by atoms with Crippen LogP contribution in [0.25, 0.3) is 0 Å². The summed E-state index contributed by atoms with van der Waals surface area (Å²) < 4.78 is 0. The van der Waals surface area contributed by atoms with Gasteiger partial charge in [-0.05, 0) is 18.8 Å². The van der Waals surface area contributed by atoms with Crippen LogP contribution in [0.5, 0.6) is 0 Å². The molecular formula is C8H16Cl2O3. The summed E-state index contributed by atoms with van der Waals surface area (Å²) in [6.07, 6.45) is 3.66. The minimum Gasteiger partial charge on any atom is -0.481 e. The van der Waals surface area contributed by atoms with E-state index in [1.54, 1.807) is 0 Å². The molecule has 5 heteroatoms. The average molecular weight is 231 g/mol. The molecule has 0 aliphatic heterocycles. The van der Waals surface area contributed by atoms with E-state index in [-0.39, 0.29) is 43.3 Å². The van der Waals surface area contributed by atoms with E-state index in [9.17, 15) is 4.79 Å². The fraction of sp³-hybridized carbons (Fsp3) is 0.875. The summed E-state index contributed by atoms with van der Waals surface area (Å²) in [5.74, 6) is -1.04. The lowest BCUT2D eigenvalue weighted by Gasteiger charge is -2.26. The van der Waals surface area contributed by atoms with Crippen LogP contribution in [0.2, 0.25) is 0 Å². The Morgan fingerprint density at radius 1 is 1.23 bits per heavy atom. The van der Waals surface area contributed by atoms with Crippen LogP contribution in [0.15, 0.2) is 0 Å². The number of aliphatic hydroxyl groups is 1. The molecule has 3 nitrogen and oxygen atoms in total. The largest absolute Gasteiger partial charge is 0.481 e. The predicted octanol–water partition coefficient (Wildman–Crippen LogP) is 1.71. The zero-order valence-corrected chi connectivity index (χ0v) is 8.94. The molecule has 1 aliphatic rings. The maximum Gasteiger partial charge on any atom is 0.306 e. The monoisotopic (exact) mass is 230 g/mol. The van der Waals surface area contributed by atoms with Crippen LogP contribution in [0.1, 0.15) is 25.7 Å². The molecule has 2 atom stereocenters. The molecule has 0 aromatic heterocycles. The van der Waals surface area contributed by atoms with E-state index in [2.05, 4.69) is 0 Å². The topological polar surface area (TPSA) is 57.5 Å². The normalized spacial score (nSPS) is 26.8. The van der Waals surface area contributed by atoms with Gasteiger partial charge in [-0.15, -0.1) is 24.8 Å². The Morgan fingerprint density at radius 3 is 2.15 bits per heavy atom. The first-order chi connectivity index (χ1) is 5.25. The molecule has 2 N–H and O–H groups in total. The highest BCUT2D eigenvalue weighted by Crippen LogP contribution is 2.29. The highest BCUT2D eigenvalue weighted by Gasteiger charge is 2.29. The van der Waals surface area contributed by atoms with Crippen LogP contribution >= 0.6 is 24.8 Å². The van der Waals surface area contributed by atoms with Gasteiger partial charge in [0.1, 0.15) is 0 Å². The molecule has 0 saturated heterocycles. The first kappa shape index (κ1) is 15.5. The highest BCUT2D eigenvalue weighted by molar-refractivity contribution is 5.85. The van der Waals surface area contributed by atoms with Crippen LogP contribution in [0.4, 0.5) is 0 Å². The lowest BCUT2D eigenvalue weighted by Crippen LogP contribution is -2.29. The lowest BCUT2D eigenvalue weighted by molar-refractivity contribution is -0.145. The molecule has 1 rings (SSSR count). The number of carbonyl (C=O) groups is 1. The Balaban J connectivity index is 0. The summed E-state index contributed by atoms with van der Waals surface area (Å²) in [5, 5.41) is 17.6. The first-order valence-corrected chi connectivity index (χ1v) is 4.09. The third-order valence-corrected chi connectivity index (χ3v) is 2.46. The smallest absolute Gasteiger partial charge is 0.306 e. The van der Waals surface area contributed by atoms with E-state index in [4.69, 9.17) is 10.2 Å². The number of hydrogen-bond acceptors (Lipinski definition) is 2. The Labute approximate surface area is 90.3 Å². The van der Waals surface area contributed by atoms with Crippen LogP contribution in [-0.2, 0) is 4.79 Å². The van der Waals surface area contributed by atoms with Gasteiger partial charge < -0.3 is 10.2 Å². The van der Waals surface area contributed by atoms with Crippen LogP contribution < -0.4 is 0 Å². The predicted molar refractivity (Wildman–Crippen MR) is 54.7 cm³/mol. The SMILES string of the molecule is Cl.Cl.O=C(O)C1CCCCC1CO. The van der Waals surface area contributed by atoms with Crippen molar-refractivity contribution < 1.29 is 15.0 Å². The molecule has 0 aromatic rings.